The lowest BCUT2D eigenvalue weighted by Gasteiger charge is -1.97. The first kappa shape index (κ1) is 9.94. The Morgan fingerprint density at radius 3 is 3.08 bits per heavy atom. The molecule has 3 N–H and O–H groups in total. The van der Waals surface area contributed by atoms with Crippen LogP contribution in [0, 0.1) is 0 Å². The van der Waals surface area contributed by atoms with E-state index in [4.69, 9.17) is 14.9 Å². The van der Waals surface area contributed by atoms with Crippen molar-refractivity contribution in [2.24, 2.45) is 5.73 Å². The van der Waals surface area contributed by atoms with Gasteiger partial charge >= 0.3 is 6.01 Å². The lowest BCUT2D eigenvalue weighted by molar-refractivity contribution is 0.210. The first-order valence-corrected chi connectivity index (χ1v) is 4.12. The molecule has 0 amide bonds. The third kappa shape index (κ3) is 3.39. The number of rotatable bonds is 6. The molecule has 0 spiro atoms. The summed E-state index contributed by atoms with van der Waals surface area (Å²) in [6.45, 7) is 1.77. The number of nitrogens with zero attached hydrogens (tertiary/aromatic N) is 2. The van der Waals surface area contributed by atoms with Gasteiger partial charge in [-0.05, 0) is 0 Å². The summed E-state index contributed by atoms with van der Waals surface area (Å²) in [5.74, 6) is 0.558. The third-order valence-corrected chi connectivity index (χ3v) is 1.41. The van der Waals surface area contributed by atoms with Gasteiger partial charge in [-0.1, -0.05) is 5.10 Å². The minimum atomic E-state index is 0.417. The Bertz CT molecular complexity index is 238. The number of hydrogen-bond acceptors (Lipinski definition) is 6. The van der Waals surface area contributed by atoms with Crippen LogP contribution in [0.2, 0.25) is 0 Å². The molecule has 6 nitrogen and oxygen atoms in total. The Hall–Kier alpha value is -1.14. The van der Waals surface area contributed by atoms with Crippen molar-refractivity contribution >= 4 is 6.01 Å². The predicted molar refractivity (Wildman–Crippen MR) is 47.4 cm³/mol. The summed E-state index contributed by atoms with van der Waals surface area (Å²) in [6.07, 6.45) is 0.610. The molecule has 0 aromatic carbocycles. The van der Waals surface area contributed by atoms with Gasteiger partial charge in [-0.3, -0.25) is 0 Å². The number of nitrogens with one attached hydrogen (secondary N) is 1. The van der Waals surface area contributed by atoms with Crippen LogP contribution in [-0.4, -0.2) is 37.0 Å². The molecule has 0 unspecified atom stereocenters. The summed E-state index contributed by atoms with van der Waals surface area (Å²) in [5.41, 5.74) is 5.32. The zero-order valence-corrected chi connectivity index (χ0v) is 7.62. The average molecular weight is 186 g/mol. The molecule has 6 heteroatoms. The van der Waals surface area contributed by atoms with E-state index < -0.39 is 0 Å². The molecule has 0 radical (unpaired) electrons. The molecule has 1 aromatic heterocycles. The number of aromatic nitrogens is 2. The van der Waals surface area contributed by atoms with Crippen LogP contribution in [-0.2, 0) is 11.2 Å². The van der Waals surface area contributed by atoms with Gasteiger partial charge in [0.25, 0.3) is 0 Å². The first-order valence-electron chi connectivity index (χ1n) is 4.12. The van der Waals surface area contributed by atoms with Crippen molar-refractivity contribution in [3.63, 3.8) is 0 Å². The molecule has 13 heavy (non-hydrogen) atoms. The monoisotopic (exact) mass is 186 g/mol. The lowest BCUT2D eigenvalue weighted by Crippen LogP contribution is -2.07. The van der Waals surface area contributed by atoms with Crippen LogP contribution in [0.25, 0.3) is 0 Å². The normalized spacial score (nSPS) is 10.3. The van der Waals surface area contributed by atoms with E-state index in [1.54, 1.807) is 7.11 Å². The van der Waals surface area contributed by atoms with Gasteiger partial charge in [0.05, 0.1) is 6.61 Å². The van der Waals surface area contributed by atoms with Crippen LogP contribution in [0.3, 0.4) is 0 Å². The highest BCUT2D eigenvalue weighted by Crippen LogP contribution is 2.04. The van der Waals surface area contributed by atoms with E-state index in [-0.39, 0.29) is 0 Å². The second-order valence-corrected chi connectivity index (χ2v) is 2.46. The predicted octanol–water partition coefficient (Wildman–Crippen LogP) is -0.371. The minimum absolute atomic E-state index is 0.417. The first-order chi connectivity index (χ1) is 6.36. The SMILES string of the molecule is COCCNc1nnc(CCN)o1. The Kier molecular flexibility index (Phi) is 4.20. The molecule has 1 aromatic rings. The molecule has 0 bridgehead atoms. The van der Waals surface area contributed by atoms with Crippen molar-refractivity contribution in [2.45, 2.75) is 6.42 Å². The molecule has 0 aliphatic heterocycles. The zero-order valence-electron chi connectivity index (χ0n) is 7.62. The highest BCUT2D eigenvalue weighted by atomic mass is 16.5. The van der Waals surface area contributed by atoms with Gasteiger partial charge in [-0.25, -0.2) is 0 Å². The summed E-state index contributed by atoms with van der Waals surface area (Å²) in [4.78, 5) is 0. The fourth-order valence-electron chi connectivity index (χ4n) is 0.810. The van der Waals surface area contributed by atoms with E-state index >= 15 is 0 Å². The molecular formula is C7H14N4O2. The van der Waals surface area contributed by atoms with Crippen LogP contribution >= 0.6 is 0 Å². The maximum Gasteiger partial charge on any atom is 0.315 e. The molecule has 74 valence electrons. The van der Waals surface area contributed by atoms with Crippen LogP contribution < -0.4 is 11.1 Å². The van der Waals surface area contributed by atoms with Crippen molar-refractivity contribution in [1.82, 2.24) is 10.2 Å². The van der Waals surface area contributed by atoms with Gasteiger partial charge in [0.15, 0.2) is 0 Å². The van der Waals surface area contributed by atoms with E-state index in [1.807, 2.05) is 0 Å². The molecule has 0 aliphatic rings. The second kappa shape index (κ2) is 5.50. The summed E-state index contributed by atoms with van der Waals surface area (Å²) in [6, 6.07) is 0.417. The van der Waals surface area contributed by atoms with Crippen LogP contribution in [0.15, 0.2) is 4.42 Å². The van der Waals surface area contributed by atoms with Gasteiger partial charge in [-0.15, -0.1) is 5.10 Å². The maximum absolute atomic E-state index is 5.32. The highest BCUT2D eigenvalue weighted by molar-refractivity contribution is 5.16. The van der Waals surface area contributed by atoms with E-state index in [0.29, 0.717) is 38.0 Å². The second-order valence-electron chi connectivity index (χ2n) is 2.46. The Morgan fingerprint density at radius 1 is 1.54 bits per heavy atom. The quantitative estimate of drug-likeness (QED) is 0.589. The van der Waals surface area contributed by atoms with Gasteiger partial charge in [0, 0.05) is 26.6 Å². The highest BCUT2D eigenvalue weighted by Gasteiger charge is 2.02. The smallest absolute Gasteiger partial charge is 0.315 e. The lowest BCUT2D eigenvalue weighted by atomic mass is 10.4. The molecule has 0 saturated carbocycles. The van der Waals surface area contributed by atoms with Crippen molar-refractivity contribution < 1.29 is 9.15 Å². The van der Waals surface area contributed by atoms with Gasteiger partial charge < -0.3 is 20.2 Å². The van der Waals surface area contributed by atoms with E-state index in [9.17, 15) is 0 Å². The summed E-state index contributed by atoms with van der Waals surface area (Å²) in [7, 11) is 1.63. The molecule has 0 fully saturated rings. The van der Waals surface area contributed by atoms with Gasteiger partial charge in [0.2, 0.25) is 5.89 Å². The molecule has 0 atom stereocenters. The number of nitrogens with two attached hydrogens (primary N) is 1. The number of methoxy groups -OCH3 is 1. The molecule has 1 heterocycles. The maximum atomic E-state index is 5.32. The van der Waals surface area contributed by atoms with Crippen molar-refractivity contribution in [3.05, 3.63) is 5.89 Å². The van der Waals surface area contributed by atoms with Gasteiger partial charge in [-0.2, -0.15) is 0 Å². The molecular weight excluding hydrogens is 172 g/mol. The van der Waals surface area contributed by atoms with E-state index in [0.717, 1.165) is 0 Å². The topological polar surface area (TPSA) is 86.2 Å². The number of anilines is 1. The Balaban J connectivity index is 2.31. The van der Waals surface area contributed by atoms with Crippen molar-refractivity contribution in [1.29, 1.82) is 0 Å². The molecule has 0 aliphatic carbocycles. The zero-order chi connectivity index (χ0) is 9.52. The largest absolute Gasteiger partial charge is 0.408 e. The Morgan fingerprint density at radius 2 is 2.38 bits per heavy atom. The van der Waals surface area contributed by atoms with Crippen molar-refractivity contribution in [2.75, 3.05) is 32.1 Å². The van der Waals surface area contributed by atoms with Crippen LogP contribution in [0.1, 0.15) is 5.89 Å². The third-order valence-electron chi connectivity index (χ3n) is 1.41. The average Bonchev–Trinajstić information content (AvgIpc) is 2.54. The standard InChI is InChI=1S/C7H14N4O2/c1-12-5-4-9-7-11-10-6(13-7)2-3-8/h2-5,8H2,1H3,(H,9,11). The molecule has 1 rings (SSSR count). The fourth-order valence-corrected chi connectivity index (χ4v) is 0.810. The number of ether oxygens (including phenoxy) is 1. The fraction of sp³-hybridized carbons (Fsp3) is 0.714. The minimum Gasteiger partial charge on any atom is -0.408 e. The van der Waals surface area contributed by atoms with E-state index in [1.165, 1.54) is 0 Å². The Labute approximate surface area is 76.5 Å². The van der Waals surface area contributed by atoms with Crippen LogP contribution in [0.5, 0.6) is 0 Å². The number of hydrogen-bond donors (Lipinski definition) is 2. The summed E-state index contributed by atoms with van der Waals surface area (Å²) in [5, 5.41) is 10.5. The van der Waals surface area contributed by atoms with Crippen LogP contribution in [0.4, 0.5) is 6.01 Å². The summed E-state index contributed by atoms with van der Waals surface area (Å²) >= 11 is 0. The van der Waals surface area contributed by atoms with Crippen molar-refractivity contribution in [3.8, 4) is 0 Å². The summed E-state index contributed by atoms with van der Waals surface area (Å²) < 4.78 is 10.0. The van der Waals surface area contributed by atoms with E-state index in [2.05, 4.69) is 15.5 Å². The van der Waals surface area contributed by atoms with Gasteiger partial charge in [0.1, 0.15) is 0 Å². The molecule has 0 saturated heterocycles.